The maximum absolute atomic E-state index is 12.8. The second-order valence-corrected chi connectivity index (χ2v) is 9.71. The quantitative estimate of drug-likeness (QED) is 0.671. The summed E-state index contributed by atoms with van der Waals surface area (Å²) in [5, 5.41) is 11.4. The summed E-state index contributed by atoms with van der Waals surface area (Å²) in [6.45, 7) is 3.37. The fourth-order valence-corrected chi connectivity index (χ4v) is 4.82. The van der Waals surface area contributed by atoms with E-state index in [9.17, 15) is 13.2 Å². The number of para-hydroxylation sites is 1. The number of hydrogen-bond donors (Lipinski definition) is 1. The minimum absolute atomic E-state index is 0.128. The summed E-state index contributed by atoms with van der Waals surface area (Å²) in [6, 6.07) is 12.0. The summed E-state index contributed by atoms with van der Waals surface area (Å²) in [5.74, 6) is 1.04. The zero-order valence-corrected chi connectivity index (χ0v) is 17.8. The van der Waals surface area contributed by atoms with E-state index in [1.165, 1.54) is 6.07 Å². The van der Waals surface area contributed by atoms with Gasteiger partial charge in [-0.25, -0.2) is 8.42 Å². The first-order valence-corrected chi connectivity index (χ1v) is 11.9. The van der Waals surface area contributed by atoms with Crippen LogP contribution in [0.3, 0.4) is 0 Å². The highest BCUT2D eigenvalue weighted by atomic mass is 32.2. The van der Waals surface area contributed by atoms with Crippen LogP contribution in [0.15, 0.2) is 53.6 Å². The lowest BCUT2D eigenvalue weighted by Crippen LogP contribution is -2.46. The van der Waals surface area contributed by atoms with Crippen molar-refractivity contribution >= 4 is 27.1 Å². The fraction of sp³-hybridized carbons (Fsp3) is 0.381. The van der Waals surface area contributed by atoms with E-state index in [1.54, 1.807) is 18.2 Å². The predicted molar refractivity (Wildman–Crippen MR) is 114 cm³/mol. The van der Waals surface area contributed by atoms with Gasteiger partial charge in [-0.3, -0.25) is 14.1 Å². The third-order valence-electron chi connectivity index (χ3n) is 5.71. The SMILES string of the molecule is CC(C(=O)Nc1ccccc1S(C)(=O)=O)N1CCC(c2nnc3ccccn23)CC1. The number of carbonyl (C=O) groups excluding carboxylic acids is 1. The van der Waals surface area contributed by atoms with Gasteiger partial charge in [0.05, 0.1) is 16.6 Å². The van der Waals surface area contributed by atoms with E-state index < -0.39 is 9.84 Å². The summed E-state index contributed by atoms with van der Waals surface area (Å²) in [5.41, 5.74) is 1.16. The van der Waals surface area contributed by atoms with Crippen molar-refractivity contribution in [2.24, 2.45) is 0 Å². The molecule has 1 aromatic carbocycles. The van der Waals surface area contributed by atoms with Gasteiger partial charge in [-0.15, -0.1) is 10.2 Å². The van der Waals surface area contributed by atoms with E-state index in [1.807, 2.05) is 35.7 Å². The van der Waals surface area contributed by atoms with Crippen LogP contribution >= 0.6 is 0 Å². The van der Waals surface area contributed by atoms with Crippen molar-refractivity contribution in [3.05, 3.63) is 54.5 Å². The third-order valence-corrected chi connectivity index (χ3v) is 6.86. The predicted octanol–water partition coefficient (Wildman–Crippen LogP) is 2.34. The number of benzene rings is 1. The molecule has 4 rings (SSSR count). The van der Waals surface area contributed by atoms with Crippen LogP contribution in [0, 0.1) is 0 Å². The standard InChI is InChI=1S/C21H25N5O3S/c1-15(21(27)22-17-7-3-4-8-18(17)30(2,28)29)25-13-10-16(11-14-25)20-24-23-19-9-5-6-12-26(19)20/h3-9,12,15-16H,10-11,13-14H2,1-2H3,(H,22,27). The first-order valence-electron chi connectivity index (χ1n) is 9.98. The average Bonchev–Trinajstić information content (AvgIpc) is 3.17. The van der Waals surface area contributed by atoms with Crippen LogP contribution in [-0.2, 0) is 14.6 Å². The zero-order chi connectivity index (χ0) is 21.3. The van der Waals surface area contributed by atoms with Crippen LogP contribution in [0.25, 0.3) is 5.65 Å². The topological polar surface area (TPSA) is 96.7 Å². The highest BCUT2D eigenvalue weighted by Crippen LogP contribution is 2.28. The number of aromatic nitrogens is 3. The van der Waals surface area contributed by atoms with E-state index in [0.29, 0.717) is 11.6 Å². The average molecular weight is 428 g/mol. The number of amides is 1. The number of anilines is 1. The summed E-state index contributed by atoms with van der Waals surface area (Å²) >= 11 is 0. The Labute approximate surface area is 175 Å². The minimum Gasteiger partial charge on any atom is -0.324 e. The van der Waals surface area contributed by atoms with E-state index in [-0.39, 0.29) is 16.8 Å². The molecule has 9 heteroatoms. The monoisotopic (exact) mass is 427 g/mol. The van der Waals surface area contributed by atoms with Crippen LogP contribution in [0.4, 0.5) is 5.69 Å². The molecular weight excluding hydrogens is 402 g/mol. The zero-order valence-electron chi connectivity index (χ0n) is 17.0. The maximum atomic E-state index is 12.8. The molecule has 1 N–H and O–H groups in total. The van der Waals surface area contributed by atoms with Crippen LogP contribution in [0.1, 0.15) is 31.5 Å². The Morgan fingerprint density at radius 3 is 2.53 bits per heavy atom. The molecule has 3 heterocycles. The van der Waals surface area contributed by atoms with E-state index in [2.05, 4.69) is 20.4 Å². The lowest BCUT2D eigenvalue weighted by molar-refractivity contribution is -0.121. The Hall–Kier alpha value is -2.78. The first-order chi connectivity index (χ1) is 14.3. The Morgan fingerprint density at radius 1 is 1.10 bits per heavy atom. The van der Waals surface area contributed by atoms with Crippen molar-refractivity contribution < 1.29 is 13.2 Å². The second kappa shape index (κ2) is 8.16. The molecule has 1 saturated heterocycles. The highest BCUT2D eigenvalue weighted by molar-refractivity contribution is 7.90. The number of rotatable bonds is 5. The van der Waals surface area contributed by atoms with Gasteiger partial charge in [0.1, 0.15) is 5.82 Å². The van der Waals surface area contributed by atoms with Crippen LogP contribution in [-0.4, -0.2) is 59.2 Å². The number of nitrogens with zero attached hydrogens (tertiary/aromatic N) is 4. The van der Waals surface area contributed by atoms with E-state index in [0.717, 1.165) is 43.7 Å². The summed E-state index contributed by atoms with van der Waals surface area (Å²) in [6.07, 6.45) is 4.88. The van der Waals surface area contributed by atoms with Gasteiger partial charge in [-0.05, 0) is 57.1 Å². The molecule has 1 unspecified atom stereocenters. The van der Waals surface area contributed by atoms with Gasteiger partial charge in [0.25, 0.3) is 0 Å². The van der Waals surface area contributed by atoms with Crippen LogP contribution in [0.5, 0.6) is 0 Å². The fourth-order valence-electron chi connectivity index (χ4n) is 3.98. The number of fused-ring (bicyclic) bond motifs is 1. The minimum atomic E-state index is -3.42. The molecule has 1 amide bonds. The second-order valence-electron chi connectivity index (χ2n) is 7.73. The van der Waals surface area contributed by atoms with Gasteiger partial charge in [-0.2, -0.15) is 0 Å². The van der Waals surface area contributed by atoms with Gasteiger partial charge in [0, 0.05) is 18.4 Å². The smallest absolute Gasteiger partial charge is 0.241 e. The van der Waals surface area contributed by atoms with Crippen molar-refractivity contribution in [3.63, 3.8) is 0 Å². The molecule has 0 bridgehead atoms. The van der Waals surface area contributed by atoms with Gasteiger partial charge < -0.3 is 5.32 Å². The van der Waals surface area contributed by atoms with Gasteiger partial charge in [0.15, 0.2) is 15.5 Å². The van der Waals surface area contributed by atoms with Gasteiger partial charge in [0.2, 0.25) is 5.91 Å². The van der Waals surface area contributed by atoms with Crippen molar-refractivity contribution in [2.45, 2.75) is 36.6 Å². The summed E-state index contributed by atoms with van der Waals surface area (Å²) in [7, 11) is -3.42. The largest absolute Gasteiger partial charge is 0.324 e. The first kappa shape index (κ1) is 20.5. The number of piperidine rings is 1. The molecule has 1 fully saturated rings. The molecule has 158 valence electrons. The summed E-state index contributed by atoms with van der Waals surface area (Å²) in [4.78, 5) is 15.1. The van der Waals surface area contributed by atoms with Gasteiger partial charge >= 0.3 is 0 Å². The molecule has 1 atom stereocenters. The molecule has 0 saturated carbocycles. The molecule has 1 aliphatic rings. The van der Waals surface area contributed by atoms with Crippen molar-refractivity contribution in [1.82, 2.24) is 19.5 Å². The highest BCUT2D eigenvalue weighted by Gasteiger charge is 2.30. The molecule has 8 nitrogen and oxygen atoms in total. The van der Waals surface area contributed by atoms with E-state index in [4.69, 9.17) is 0 Å². The molecule has 3 aromatic rings. The Bertz CT molecular complexity index is 1170. The molecule has 30 heavy (non-hydrogen) atoms. The molecular formula is C21H25N5O3S. The molecule has 1 aliphatic heterocycles. The Morgan fingerprint density at radius 2 is 1.80 bits per heavy atom. The third kappa shape index (κ3) is 4.08. The number of likely N-dealkylation sites (tertiary alicyclic amines) is 1. The number of sulfone groups is 1. The molecule has 0 radical (unpaired) electrons. The van der Waals surface area contributed by atoms with Crippen LogP contribution in [0.2, 0.25) is 0 Å². The van der Waals surface area contributed by atoms with E-state index >= 15 is 0 Å². The Balaban J connectivity index is 1.41. The van der Waals surface area contributed by atoms with Gasteiger partial charge in [-0.1, -0.05) is 18.2 Å². The van der Waals surface area contributed by atoms with Crippen LogP contribution < -0.4 is 5.32 Å². The van der Waals surface area contributed by atoms with Crippen molar-refractivity contribution in [3.8, 4) is 0 Å². The Kier molecular flexibility index (Phi) is 5.57. The molecule has 0 aliphatic carbocycles. The summed E-state index contributed by atoms with van der Waals surface area (Å²) < 4.78 is 26.0. The van der Waals surface area contributed by atoms with Crippen molar-refractivity contribution in [2.75, 3.05) is 24.7 Å². The maximum Gasteiger partial charge on any atom is 0.241 e. The normalized spacial score (nSPS) is 17.1. The van der Waals surface area contributed by atoms with Crippen molar-refractivity contribution in [1.29, 1.82) is 0 Å². The number of nitrogens with one attached hydrogen (secondary N) is 1. The number of carbonyl (C=O) groups is 1. The lowest BCUT2D eigenvalue weighted by Gasteiger charge is -2.34. The lowest BCUT2D eigenvalue weighted by atomic mass is 9.95. The molecule has 2 aromatic heterocycles. The number of hydrogen-bond acceptors (Lipinski definition) is 6. The molecule has 0 spiro atoms. The number of pyridine rings is 1.